The van der Waals surface area contributed by atoms with E-state index >= 15 is 0 Å². The highest BCUT2D eigenvalue weighted by Crippen LogP contribution is 2.45. The van der Waals surface area contributed by atoms with Crippen LogP contribution in [-0.2, 0) is 11.8 Å². The van der Waals surface area contributed by atoms with Crippen molar-refractivity contribution in [3.8, 4) is 17.1 Å². The third kappa shape index (κ3) is 3.96. The van der Waals surface area contributed by atoms with Gasteiger partial charge in [-0.05, 0) is 33.8 Å². The molecule has 4 rings (SSSR count). The van der Waals surface area contributed by atoms with E-state index in [-0.39, 0.29) is 18.1 Å². The molecule has 3 aromatic heterocycles. The minimum Gasteiger partial charge on any atom is -0.469 e. The van der Waals surface area contributed by atoms with Crippen molar-refractivity contribution in [1.29, 1.82) is 0 Å². The number of fused-ring (bicyclic) bond motifs is 1. The zero-order valence-corrected chi connectivity index (χ0v) is 19.2. The molecule has 0 aromatic carbocycles. The van der Waals surface area contributed by atoms with E-state index in [1.54, 1.807) is 33.5 Å². The van der Waals surface area contributed by atoms with Gasteiger partial charge in [0.15, 0.2) is 0 Å². The van der Waals surface area contributed by atoms with Crippen molar-refractivity contribution in [2.24, 2.45) is 13.0 Å². The molecule has 1 aliphatic rings. The molecule has 31 heavy (non-hydrogen) atoms. The van der Waals surface area contributed by atoms with Gasteiger partial charge in [-0.3, -0.25) is 4.68 Å². The van der Waals surface area contributed by atoms with Crippen LogP contribution in [0.1, 0.15) is 41.0 Å². The number of amides is 1. The molecule has 0 spiro atoms. The quantitative estimate of drug-likeness (QED) is 0.634. The molecule has 3 aromatic rings. The zero-order valence-electron chi connectivity index (χ0n) is 19.2. The van der Waals surface area contributed by atoms with E-state index in [1.807, 2.05) is 46.3 Å². The molecule has 3 heterocycles. The predicted octanol–water partition coefficient (Wildman–Crippen LogP) is 3.54. The van der Waals surface area contributed by atoms with Crippen molar-refractivity contribution in [1.82, 2.24) is 29.3 Å². The van der Waals surface area contributed by atoms with Crippen LogP contribution >= 0.6 is 0 Å². The lowest BCUT2D eigenvalue weighted by atomic mass is 9.66. The minimum absolute atomic E-state index is 0.0299. The van der Waals surface area contributed by atoms with Crippen molar-refractivity contribution in [2.75, 3.05) is 7.05 Å². The maximum Gasteiger partial charge on any atom is 0.410 e. The lowest BCUT2D eigenvalue weighted by Gasteiger charge is -2.53. The first-order valence-electron chi connectivity index (χ1n) is 10.4. The largest absolute Gasteiger partial charge is 0.469 e. The summed E-state index contributed by atoms with van der Waals surface area (Å²) in [6, 6.07) is 1.91. The number of hydrogen-bond donors (Lipinski definition) is 0. The van der Waals surface area contributed by atoms with E-state index in [0.29, 0.717) is 12.3 Å². The summed E-state index contributed by atoms with van der Waals surface area (Å²) < 4.78 is 15.5. The number of carbonyl (C=O) groups is 1. The Hall–Kier alpha value is -3.10. The molecule has 1 aliphatic carbocycles. The monoisotopic (exact) mass is 426 g/mol. The third-order valence-electron chi connectivity index (χ3n) is 6.02. The number of aromatic nitrogens is 5. The van der Waals surface area contributed by atoms with Gasteiger partial charge in [-0.1, -0.05) is 6.92 Å². The Labute approximate surface area is 182 Å². The molecule has 0 saturated heterocycles. The fraction of sp³-hybridized carbons (Fsp3) is 0.545. The van der Waals surface area contributed by atoms with Gasteiger partial charge in [-0.25, -0.2) is 14.3 Å². The third-order valence-corrected chi connectivity index (χ3v) is 6.02. The Morgan fingerprint density at radius 1 is 1.29 bits per heavy atom. The molecule has 3 atom stereocenters. The van der Waals surface area contributed by atoms with Crippen LogP contribution in [-0.4, -0.2) is 59.7 Å². The standard InChI is InChI=1S/C22H30N6O3/c1-14-18(27(7)20(29)31-21(2,3)4)10-22(14,5)30-19-17-8-9-23-28(17)13-16(25-19)15-11-24-26(6)12-15/h8-9,11-14,18H,10H2,1-7H3/t14-,18-,22+/m0/s1. The van der Waals surface area contributed by atoms with Gasteiger partial charge in [-0.15, -0.1) is 0 Å². The summed E-state index contributed by atoms with van der Waals surface area (Å²) in [5, 5.41) is 8.60. The van der Waals surface area contributed by atoms with Gasteiger partial charge in [0.05, 0.1) is 24.3 Å². The first-order valence-corrected chi connectivity index (χ1v) is 10.4. The first kappa shape index (κ1) is 21.1. The van der Waals surface area contributed by atoms with Crippen LogP contribution in [0.4, 0.5) is 4.79 Å². The highest BCUT2D eigenvalue weighted by atomic mass is 16.6. The number of nitrogens with zero attached hydrogens (tertiary/aromatic N) is 6. The zero-order chi connectivity index (χ0) is 22.6. The Balaban J connectivity index is 1.56. The summed E-state index contributed by atoms with van der Waals surface area (Å²) in [4.78, 5) is 18.9. The molecule has 1 amide bonds. The van der Waals surface area contributed by atoms with Crippen molar-refractivity contribution >= 4 is 11.6 Å². The topological polar surface area (TPSA) is 86.8 Å². The molecule has 1 saturated carbocycles. The Kier molecular flexibility index (Phi) is 4.94. The molecule has 0 unspecified atom stereocenters. The maximum atomic E-state index is 12.5. The van der Waals surface area contributed by atoms with Gasteiger partial charge in [0.1, 0.15) is 16.7 Å². The molecule has 0 bridgehead atoms. The van der Waals surface area contributed by atoms with Gasteiger partial charge in [0, 0.05) is 44.2 Å². The molecule has 166 valence electrons. The highest BCUT2D eigenvalue weighted by molar-refractivity contribution is 5.68. The van der Waals surface area contributed by atoms with E-state index in [4.69, 9.17) is 14.5 Å². The van der Waals surface area contributed by atoms with Gasteiger partial charge < -0.3 is 14.4 Å². The van der Waals surface area contributed by atoms with Gasteiger partial charge in [0.2, 0.25) is 5.88 Å². The van der Waals surface area contributed by atoms with E-state index in [1.165, 1.54) is 0 Å². The summed E-state index contributed by atoms with van der Waals surface area (Å²) in [5.41, 5.74) is 1.43. The SMILES string of the molecule is C[C@H]1[C@@H](N(C)C(=O)OC(C)(C)C)C[C@@]1(C)Oc1nc(-c2cnn(C)c2)cn2nccc12. The van der Waals surface area contributed by atoms with Crippen LogP contribution in [0.3, 0.4) is 0 Å². The second-order valence-corrected chi connectivity index (χ2v) is 9.56. The van der Waals surface area contributed by atoms with Gasteiger partial charge >= 0.3 is 6.09 Å². The second-order valence-electron chi connectivity index (χ2n) is 9.56. The number of ether oxygens (including phenoxy) is 2. The van der Waals surface area contributed by atoms with Crippen molar-refractivity contribution in [3.05, 3.63) is 30.9 Å². The van der Waals surface area contributed by atoms with E-state index in [0.717, 1.165) is 16.8 Å². The normalized spacial score (nSPS) is 23.5. The Morgan fingerprint density at radius 2 is 2.03 bits per heavy atom. The number of rotatable bonds is 4. The van der Waals surface area contributed by atoms with Gasteiger partial charge in [-0.2, -0.15) is 10.2 Å². The Morgan fingerprint density at radius 3 is 2.65 bits per heavy atom. The van der Waals surface area contributed by atoms with Crippen LogP contribution in [0, 0.1) is 5.92 Å². The molecule has 9 nitrogen and oxygen atoms in total. The summed E-state index contributed by atoms with van der Waals surface area (Å²) in [6.07, 6.45) is 7.62. The first-order chi connectivity index (χ1) is 14.5. The lowest BCUT2D eigenvalue weighted by molar-refractivity contribution is -0.108. The van der Waals surface area contributed by atoms with Crippen LogP contribution in [0.15, 0.2) is 30.9 Å². The number of hydrogen-bond acceptors (Lipinski definition) is 6. The van der Waals surface area contributed by atoms with Gasteiger partial charge in [0.25, 0.3) is 0 Å². The van der Waals surface area contributed by atoms with Crippen molar-refractivity contribution in [2.45, 2.75) is 58.3 Å². The fourth-order valence-electron chi connectivity index (χ4n) is 3.99. The van der Waals surface area contributed by atoms with Crippen LogP contribution in [0.5, 0.6) is 5.88 Å². The maximum absolute atomic E-state index is 12.5. The smallest absolute Gasteiger partial charge is 0.410 e. The summed E-state index contributed by atoms with van der Waals surface area (Å²) in [6.45, 7) is 9.76. The minimum atomic E-state index is -0.525. The van der Waals surface area contributed by atoms with Crippen molar-refractivity contribution < 1.29 is 14.3 Å². The fourth-order valence-corrected chi connectivity index (χ4v) is 3.99. The molecule has 9 heteroatoms. The average molecular weight is 427 g/mol. The van der Waals surface area contributed by atoms with E-state index < -0.39 is 11.2 Å². The number of carbonyl (C=O) groups excluding carboxylic acids is 1. The molecular weight excluding hydrogens is 396 g/mol. The summed E-state index contributed by atoms with van der Waals surface area (Å²) in [5.74, 6) is 0.614. The molecule has 0 aliphatic heterocycles. The van der Waals surface area contributed by atoms with E-state index in [2.05, 4.69) is 24.0 Å². The van der Waals surface area contributed by atoms with Crippen LogP contribution in [0.2, 0.25) is 0 Å². The number of aryl methyl sites for hydroxylation is 1. The molecule has 1 fully saturated rings. The molecular formula is C22H30N6O3. The average Bonchev–Trinajstić information content (AvgIpc) is 3.32. The lowest BCUT2D eigenvalue weighted by Crippen LogP contribution is -2.64. The molecule has 0 radical (unpaired) electrons. The highest BCUT2D eigenvalue weighted by Gasteiger charge is 2.53. The van der Waals surface area contributed by atoms with Crippen LogP contribution < -0.4 is 4.74 Å². The molecule has 0 N–H and O–H groups in total. The summed E-state index contributed by atoms with van der Waals surface area (Å²) in [7, 11) is 3.65. The summed E-state index contributed by atoms with van der Waals surface area (Å²) >= 11 is 0. The van der Waals surface area contributed by atoms with E-state index in [9.17, 15) is 4.79 Å². The van der Waals surface area contributed by atoms with Crippen LogP contribution in [0.25, 0.3) is 16.8 Å². The predicted molar refractivity (Wildman–Crippen MR) is 116 cm³/mol. The second kappa shape index (κ2) is 7.25. The Bertz CT molecular complexity index is 1110. The van der Waals surface area contributed by atoms with Crippen molar-refractivity contribution in [3.63, 3.8) is 0 Å².